The number of nitrogens with zero attached hydrogens (tertiary/aromatic N) is 4. The van der Waals surface area contributed by atoms with Gasteiger partial charge in [0.1, 0.15) is 11.4 Å². The molecule has 2 aromatic rings. The number of aromatic nitrogens is 2. The number of ether oxygens (including phenoxy) is 1. The number of anilines is 2. The largest absolute Gasteiger partial charge is 0.491 e. The fourth-order valence-corrected chi connectivity index (χ4v) is 2.72. The Hall–Kier alpha value is -2.67. The summed E-state index contributed by atoms with van der Waals surface area (Å²) in [6.45, 7) is 7.60. The maximum Gasteiger partial charge on any atom is 0.274 e. The number of piperazine rings is 1. The van der Waals surface area contributed by atoms with E-state index >= 15 is 0 Å². The summed E-state index contributed by atoms with van der Waals surface area (Å²) in [5.41, 5.74) is 1.06. The van der Waals surface area contributed by atoms with E-state index in [0.717, 1.165) is 31.9 Å². The van der Waals surface area contributed by atoms with Gasteiger partial charge in [-0.25, -0.2) is 9.97 Å². The maximum absolute atomic E-state index is 12.5. The Balaban J connectivity index is 1.65. The maximum atomic E-state index is 12.5. The molecule has 7 heteroatoms. The summed E-state index contributed by atoms with van der Waals surface area (Å²) in [6.07, 6.45) is 1.75. The second-order valence-electron chi connectivity index (χ2n) is 6.68. The lowest BCUT2D eigenvalue weighted by molar-refractivity contribution is 0.102. The van der Waals surface area contributed by atoms with E-state index < -0.39 is 0 Å². The molecule has 1 fully saturated rings. The molecule has 1 saturated heterocycles. The highest BCUT2D eigenvalue weighted by Crippen LogP contribution is 2.18. The number of rotatable bonds is 5. The van der Waals surface area contributed by atoms with Crippen LogP contribution in [0.1, 0.15) is 24.3 Å². The molecule has 0 saturated carbocycles. The van der Waals surface area contributed by atoms with Gasteiger partial charge in [0, 0.05) is 38.1 Å². The van der Waals surface area contributed by atoms with Crippen molar-refractivity contribution in [3.63, 3.8) is 0 Å². The standard InChI is InChI=1S/C19H25N5O2/c1-14(2)26-16-6-4-15(5-7-16)21-18(25)17-8-9-20-19(22-17)24-12-10-23(3)11-13-24/h4-9,14H,10-13H2,1-3H3,(H,21,25). The fourth-order valence-electron chi connectivity index (χ4n) is 2.72. The van der Waals surface area contributed by atoms with Crippen molar-refractivity contribution in [3.05, 3.63) is 42.2 Å². The second kappa shape index (κ2) is 8.14. The summed E-state index contributed by atoms with van der Waals surface area (Å²) in [6, 6.07) is 8.94. The van der Waals surface area contributed by atoms with Crippen molar-refractivity contribution >= 4 is 17.5 Å². The quantitative estimate of drug-likeness (QED) is 0.887. The zero-order chi connectivity index (χ0) is 18.5. The van der Waals surface area contributed by atoms with Gasteiger partial charge in [0.05, 0.1) is 6.10 Å². The summed E-state index contributed by atoms with van der Waals surface area (Å²) < 4.78 is 5.61. The van der Waals surface area contributed by atoms with E-state index in [9.17, 15) is 4.79 Å². The average molecular weight is 355 g/mol. The van der Waals surface area contributed by atoms with Crippen molar-refractivity contribution in [3.8, 4) is 5.75 Å². The van der Waals surface area contributed by atoms with Crippen LogP contribution in [0.25, 0.3) is 0 Å². The minimum absolute atomic E-state index is 0.115. The van der Waals surface area contributed by atoms with E-state index in [-0.39, 0.29) is 12.0 Å². The van der Waals surface area contributed by atoms with Gasteiger partial charge in [0.2, 0.25) is 5.95 Å². The minimum Gasteiger partial charge on any atom is -0.491 e. The average Bonchev–Trinajstić information content (AvgIpc) is 2.63. The highest BCUT2D eigenvalue weighted by molar-refractivity contribution is 6.03. The minimum atomic E-state index is -0.250. The molecule has 0 atom stereocenters. The number of carbonyl (C=O) groups excluding carboxylic acids is 1. The number of nitrogens with one attached hydrogen (secondary N) is 1. The molecule has 1 aliphatic heterocycles. The Morgan fingerprint density at radius 1 is 1.12 bits per heavy atom. The number of hydrogen-bond donors (Lipinski definition) is 1. The molecule has 1 N–H and O–H groups in total. The van der Waals surface area contributed by atoms with Gasteiger partial charge in [-0.15, -0.1) is 0 Å². The zero-order valence-electron chi connectivity index (χ0n) is 15.5. The first-order chi connectivity index (χ1) is 12.5. The van der Waals surface area contributed by atoms with Gasteiger partial charge >= 0.3 is 0 Å². The van der Waals surface area contributed by atoms with Gasteiger partial charge in [0.25, 0.3) is 5.91 Å². The van der Waals surface area contributed by atoms with Crippen molar-refractivity contribution in [2.75, 3.05) is 43.4 Å². The zero-order valence-corrected chi connectivity index (χ0v) is 15.5. The van der Waals surface area contributed by atoms with Crippen LogP contribution in [0.5, 0.6) is 5.75 Å². The molecule has 1 aromatic carbocycles. The normalized spacial score (nSPS) is 15.2. The summed E-state index contributed by atoms with van der Waals surface area (Å²) in [5, 5.41) is 2.86. The van der Waals surface area contributed by atoms with Crippen LogP contribution in [0.2, 0.25) is 0 Å². The number of likely N-dealkylation sites (N-methyl/N-ethyl adjacent to an activating group) is 1. The molecule has 2 heterocycles. The number of amides is 1. The second-order valence-corrected chi connectivity index (χ2v) is 6.68. The van der Waals surface area contributed by atoms with Crippen molar-refractivity contribution in [1.82, 2.24) is 14.9 Å². The number of carbonyl (C=O) groups is 1. The molecule has 0 spiro atoms. The van der Waals surface area contributed by atoms with Crippen LogP contribution in [-0.2, 0) is 0 Å². The van der Waals surface area contributed by atoms with Crippen molar-refractivity contribution in [1.29, 1.82) is 0 Å². The SMILES string of the molecule is CC(C)Oc1ccc(NC(=O)c2ccnc(N3CCN(C)CC3)n2)cc1. The first kappa shape index (κ1) is 18.1. The molecule has 0 unspecified atom stereocenters. The van der Waals surface area contributed by atoms with Gasteiger partial charge in [0.15, 0.2) is 0 Å². The van der Waals surface area contributed by atoms with Gasteiger partial charge in [-0.3, -0.25) is 4.79 Å². The van der Waals surface area contributed by atoms with Crippen LogP contribution in [0, 0.1) is 0 Å². The molecule has 3 rings (SSSR count). The van der Waals surface area contributed by atoms with E-state index in [1.54, 1.807) is 12.3 Å². The summed E-state index contributed by atoms with van der Waals surface area (Å²) in [4.78, 5) is 25.6. The van der Waals surface area contributed by atoms with E-state index in [1.165, 1.54) is 0 Å². The molecular weight excluding hydrogens is 330 g/mol. The van der Waals surface area contributed by atoms with Crippen LogP contribution < -0.4 is 15.0 Å². The number of benzene rings is 1. The van der Waals surface area contributed by atoms with Crippen molar-refractivity contribution < 1.29 is 9.53 Å². The van der Waals surface area contributed by atoms with E-state index in [0.29, 0.717) is 17.3 Å². The van der Waals surface area contributed by atoms with E-state index in [1.807, 2.05) is 38.1 Å². The molecule has 26 heavy (non-hydrogen) atoms. The van der Waals surface area contributed by atoms with Crippen LogP contribution in [0.4, 0.5) is 11.6 Å². The third-order valence-electron chi connectivity index (χ3n) is 4.15. The van der Waals surface area contributed by atoms with Gasteiger partial charge < -0.3 is 19.9 Å². The van der Waals surface area contributed by atoms with Crippen LogP contribution >= 0.6 is 0 Å². The molecule has 1 aromatic heterocycles. The smallest absolute Gasteiger partial charge is 0.274 e. The molecule has 0 radical (unpaired) electrons. The molecule has 138 valence electrons. The lowest BCUT2D eigenvalue weighted by Crippen LogP contribution is -2.45. The molecule has 7 nitrogen and oxygen atoms in total. The fraction of sp³-hybridized carbons (Fsp3) is 0.421. The van der Waals surface area contributed by atoms with Crippen molar-refractivity contribution in [2.45, 2.75) is 20.0 Å². The molecule has 1 amide bonds. The van der Waals surface area contributed by atoms with Gasteiger partial charge in [-0.05, 0) is 51.2 Å². The highest BCUT2D eigenvalue weighted by atomic mass is 16.5. The van der Waals surface area contributed by atoms with Crippen LogP contribution in [0.15, 0.2) is 36.5 Å². The molecule has 1 aliphatic rings. The first-order valence-electron chi connectivity index (χ1n) is 8.86. The Bertz CT molecular complexity index is 740. The predicted octanol–water partition coefficient (Wildman–Crippen LogP) is 2.27. The van der Waals surface area contributed by atoms with E-state index in [2.05, 4.69) is 32.1 Å². The third-order valence-corrected chi connectivity index (χ3v) is 4.15. The molecule has 0 bridgehead atoms. The predicted molar refractivity (Wildman–Crippen MR) is 102 cm³/mol. The Labute approximate surface area is 154 Å². The lowest BCUT2D eigenvalue weighted by Gasteiger charge is -2.32. The highest BCUT2D eigenvalue weighted by Gasteiger charge is 2.18. The van der Waals surface area contributed by atoms with Crippen molar-refractivity contribution in [2.24, 2.45) is 0 Å². The van der Waals surface area contributed by atoms with Gasteiger partial charge in [-0.1, -0.05) is 0 Å². The number of hydrogen-bond acceptors (Lipinski definition) is 6. The Kier molecular flexibility index (Phi) is 5.68. The first-order valence-corrected chi connectivity index (χ1v) is 8.86. The van der Waals surface area contributed by atoms with E-state index in [4.69, 9.17) is 4.74 Å². The topological polar surface area (TPSA) is 70.6 Å². The molecule has 0 aliphatic carbocycles. The van der Waals surface area contributed by atoms with Crippen LogP contribution in [-0.4, -0.2) is 60.1 Å². The summed E-state index contributed by atoms with van der Waals surface area (Å²) in [5.74, 6) is 1.13. The summed E-state index contributed by atoms with van der Waals surface area (Å²) >= 11 is 0. The Morgan fingerprint density at radius 3 is 2.46 bits per heavy atom. The molecular formula is C19H25N5O2. The van der Waals surface area contributed by atoms with Crippen LogP contribution in [0.3, 0.4) is 0 Å². The monoisotopic (exact) mass is 355 g/mol. The van der Waals surface area contributed by atoms with Gasteiger partial charge in [-0.2, -0.15) is 0 Å². The summed E-state index contributed by atoms with van der Waals surface area (Å²) in [7, 11) is 2.10. The third kappa shape index (κ3) is 4.70. The Morgan fingerprint density at radius 2 is 1.81 bits per heavy atom. The lowest BCUT2D eigenvalue weighted by atomic mass is 10.3.